The largest absolute Gasteiger partial charge is 0.349 e. The second kappa shape index (κ2) is 9.31. The summed E-state index contributed by atoms with van der Waals surface area (Å²) < 4.78 is 41.8. The quantitative estimate of drug-likeness (QED) is 0.572. The van der Waals surface area contributed by atoms with Gasteiger partial charge in [-0.3, -0.25) is 9.10 Å². The molecule has 0 saturated heterocycles. The Morgan fingerprint density at radius 1 is 0.903 bits per heavy atom. The molecule has 3 rings (SSSR count). The zero-order valence-electron chi connectivity index (χ0n) is 17.5. The first-order valence-corrected chi connectivity index (χ1v) is 11.3. The maximum atomic E-state index is 14.5. The number of para-hydroxylation sites is 1. The molecule has 0 bridgehead atoms. The minimum Gasteiger partial charge on any atom is -0.349 e. The number of anilines is 1. The molecule has 0 aliphatic carbocycles. The molecule has 7 heteroatoms. The maximum absolute atomic E-state index is 14.5. The van der Waals surface area contributed by atoms with E-state index in [0.717, 1.165) is 9.87 Å². The fraction of sp³-hybridized carbons (Fsp3) is 0.208. The summed E-state index contributed by atoms with van der Waals surface area (Å²) in [5.41, 5.74) is 0.230. The van der Waals surface area contributed by atoms with Crippen molar-refractivity contribution in [3.05, 3.63) is 96.3 Å². The molecule has 0 saturated carbocycles. The van der Waals surface area contributed by atoms with Gasteiger partial charge < -0.3 is 5.32 Å². The summed E-state index contributed by atoms with van der Waals surface area (Å²) in [6, 6.07) is 22.8. The molecule has 0 fully saturated rings. The van der Waals surface area contributed by atoms with Gasteiger partial charge in [0.1, 0.15) is 12.4 Å². The van der Waals surface area contributed by atoms with E-state index in [0.29, 0.717) is 6.42 Å². The molecule has 0 atom stereocenters. The van der Waals surface area contributed by atoms with Crippen LogP contribution in [0.4, 0.5) is 10.1 Å². The molecule has 0 heterocycles. The number of hydrogen-bond acceptors (Lipinski definition) is 3. The van der Waals surface area contributed by atoms with Gasteiger partial charge in [0.25, 0.3) is 10.0 Å². The number of nitrogens with one attached hydrogen (secondary N) is 1. The van der Waals surface area contributed by atoms with E-state index in [9.17, 15) is 17.6 Å². The summed E-state index contributed by atoms with van der Waals surface area (Å²) in [7, 11) is -4.15. The number of hydrogen-bond donors (Lipinski definition) is 1. The second-order valence-corrected chi connectivity index (χ2v) is 9.73. The third-order valence-electron chi connectivity index (χ3n) is 4.71. The average Bonchev–Trinajstić information content (AvgIpc) is 2.73. The van der Waals surface area contributed by atoms with Crippen LogP contribution >= 0.6 is 0 Å². The van der Waals surface area contributed by atoms with Gasteiger partial charge in [-0.05, 0) is 50.1 Å². The molecule has 0 aliphatic rings. The average molecular weight is 441 g/mol. The lowest BCUT2D eigenvalue weighted by Crippen LogP contribution is -2.50. The monoisotopic (exact) mass is 440 g/mol. The van der Waals surface area contributed by atoms with Crippen LogP contribution in [0.5, 0.6) is 0 Å². The van der Waals surface area contributed by atoms with Crippen molar-refractivity contribution in [3.8, 4) is 0 Å². The standard InChI is InChI=1S/C24H25FN2O3S/c1-24(2,17-19-11-5-3-6-12-19)26-23(28)18-27(22-16-10-9-15-21(22)25)31(29,30)20-13-7-4-8-14-20/h3-16H,17-18H2,1-2H3,(H,26,28). The second-order valence-electron chi connectivity index (χ2n) is 7.87. The van der Waals surface area contributed by atoms with Gasteiger partial charge in [-0.2, -0.15) is 0 Å². The Morgan fingerprint density at radius 3 is 2.06 bits per heavy atom. The zero-order valence-corrected chi connectivity index (χ0v) is 18.3. The minimum absolute atomic E-state index is 0.0189. The van der Waals surface area contributed by atoms with Gasteiger partial charge in [0, 0.05) is 5.54 Å². The smallest absolute Gasteiger partial charge is 0.264 e. The van der Waals surface area contributed by atoms with Gasteiger partial charge >= 0.3 is 0 Å². The first-order chi connectivity index (χ1) is 14.7. The number of carbonyl (C=O) groups excluding carboxylic acids is 1. The molecule has 1 amide bonds. The first-order valence-electron chi connectivity index (χ1n) is 9.86. The highest BCUT2D eigenvalue weighted by atomic mass is 32.2. The van der Waals surface area contributed by atoms with Crippen molar-refractivity contribution in [1.29, 1.82) is 0 Å². The molecule has 0 aliphatic heterocycles. The molecule has 0 aromatic heterocycles. The van der Waals surface area contributed by atoms with Crippen LogP contribution in [0.15, 0.2) is 89.8 Å². The molecule has 3 aromatic rings. The van der Waals surface area contributed by atoms with Crippen LogP contribution in [0.2, 0.25) is 0 Å². The number of sulfonamides is 1. The van der Waals surface area contributed by atoms with Gasteiger partial charge in [0.15, 0.2) is 0 Å². The van der Waals surface area contributed by atoms with Gasteiger partial charge in [-0.15, -0.1) is 0 Å². The van der Waals surface area contributed by atoms with E-state index >= 15 is 0 Å². The Bertz CT molecular complexity index is 1130. The topological polar surface area (TPSA) is 66.5 Å². The van der Waals surface area contributed by atoms with Crippen molar-refractivity contribution in [2.45, 2.75) is 30.7 Å². The fourth-order valence-corrected chi connectivity index (χ4v) is 4.82. The van der Waals surface area contributed by atoms with E-state index in [-0.39, 0.29) is 10.6 Å². The lowest BCUT2D eigenvalue weighted by molar-refractivity contribution is -0.121. The van der Waals surface area contributed by atoms with E-state index in [1.807, 2.05) is 44.2 Å². The molecule has 3 aromatic carbocycles. The van der Waals surface area contributed by atoms with Crippen LogP contribution in [0.25, 0.3) is 0 Å². The van der Waals surface area contributed by atoms with Crippen molar-refractivity contribution >= 4 is 21.6 Å². The van der Waals surface area contributed by atoms with Crippen molar-refractivity contribution < 1.29 is 17.6 Å². The molecule has 0 radical (unpaired) electrons. The Hall–Kier alpha value is -3.19. The van der Waals surface area contributed by atoms with Crippen LogP contribution in [0, 0.1) is 5.82 Å². The molecule has 31 heavy (non-hydrogen) atoms. The molecule has 162 valence electrons. The van der Waals surface area contributed by atoms with Crippen LogP contribution in [0.1, 0.15) is 19.4 Å². The predicted molar refractivity (Wildman–Crippen MR) is 120 cm³/mol. The number of rotatable bonds is 8. The lowest BCUT2D eigenvalue weighted by Gasteiger charge is -2.29. The van der Waals surface area contributed by atoms with Crippen molar-refractivity contribution in [2.24, 2.45) is 0 Å². The molecular formula is C24H25FN2O3S. The zero-order chi connectivity index (χ0) is 22.5. The number of benzene rings is 3. The van der Waals surface area contributed by atoms with Gasteiger partial charge in [-0.25, -0.2) is 12.8 Å². The van der Waals surface area contributed by atoms with Crippen molar-refractivity contribution in [3.63, 3.8) is 0 Å². The lowest BCUT2D eigenvalue weighted by atomic mass is 9.95. The molecule has 0 unspecified atom stereocenters. The van der Waals surface area contributed by atoms with Crippen molar-refractivity contribution in [2.75, 3.05) is 10.8 Å². The first kappa shape index (κ1) is 22.5. The predicted octanol–water partition coefficient (Wildman–Crippen LogP) is 4.16. The van der Waals surface area contributed by atoms with Crippen LogP contribution in [-0.4, -0.2) is 26.4 Å². The highest BCUT2D eigenvalue weighted by Gasteiger charge is 2.30. The third kappa shape index (κ3) is 5.70. The van der Waals surface area contributed by atoms with E-state index in [1.54, 1.807) is 18.2 Å². The summed E-state index contributed by atoms with van der Waals surface area (Å²) >= 11 is 0. The highest BCUT2D eigenvalue weighted by Crippen LogP contribution is 2.26. The van der Waals surface area contributed by atoms with E-state index in [2.05, 4.69) is 5.32 Å². The van der Waals surface area contributed by atoms with Crippen LogP contribution in [-0.2, 0) is 21.2 Å². The van der Waals surface area contributed by atoms with E-state index < -0.39 is 33.8 Å². The van der Waals surface area contributed by atoms with Gasteiger partial charge in [0.2, 0.25) is 5.91 Å². The van der Waals surface area contributed by atoms with Crippen LogP contribution < -0.4 is 9.62 Å². The Balaban J connectivity index is 1.87. The summed E-state index contributed by atoms with van der Waals surface area (Å²) in [6.45, 7) is 3.17. The van der Waals surface area contributed by atoms with E-state index in [4.69, 9.17) is 0 Å². The number of halogens is 1. The SMILES string of the molecule is CC(C)(Cc1ccccc1)NC(=O)CN(c1ccccc1F)S(=O)(=O)c1ccccc1. The number of carbonyl (C=O) groups is 1. The molecule has 0 spiro atoms. The molecule has 5 nitrogen and oxygen atoms in total. The minimum atomic E-state index is -4.15. The van der Waals surface area contributed by atoms with Crippen LogP contribution in [0.3, 0.4) is 0 Å². The Morgan fingerprint density at radius 2 is 1.45 bits per heavy atom. The van der Waals surface area contributed by atoms with E-state index in [1.165, 1.54) is 36.4 Å². The molecule has 1 N–H and O–H groups in total. The number of nitrogens with zero attached hydrogens (tertiary/aromatic N) is 1. The highest BCUT2D eigenvalue weighted by molar-refractivity contribution is 7.92. The fourth-order valence-electron chi connectivity index (χ4n) is 3.37. The maximum Gasteiger partial charge on any atom is 0.264 e. The third-order valence-corrected chi connectivity index (χ3v) is 6.48. The van der Waals surface area contributed by atoms with Gasteiger partial charge in [-0.1, -0.05) is 60.7 Å². The Labute approximate surface area is 182 Å². The molecular weight excluding hydrogens is 415 g/mol. The summed E-state index contributed by atoms with van der Waals surface area (Å²) in [5.74, 6) is -1.25. The van der Waals surface area contributed by atoms with Gasteiger partial charge in [0.05, 0.1) is 10.6 Å². The number of amides is 1. The summed E-state index contributed by atoms with van der Waals surface area (Å²) in [4.78, 5) is 12.9. The normalized spacial score (nSPS) is 11.7. The summed E-state index contributed by atoms with van der Waals surface area (Å²) in [5, 5.41) is 2.88. The summed E-state index contributed by atoms with van der Waals surface area (Å²) in [6.07, 6.45) is 0.560. The van der Waals surface area contributed by atoms with Crippen molar-refractivity contribution in [1.82, 2.24) is 5.32 Å². The Kier molecular flexibility index (Phi) is 6.75.